The molecule has 0 aliphatic heterocycles. The molecule has 0 aliphatic rings. The summed E-state index contributed by atoms with van der Waals surface area (Å²) in [5.74, 6) is -0.306. The maximum Gasteiger partial charge on any atom is 0.340 e. The van der Waals surface area contributed by atoms with Gasteiger partial charge in [0.05, 0.1) is 11.6 Å². The number of carbonyl (C=O) groups is 1. The molecular formula is C19H24ClN3O6S. The van der Waals surface area contributed by atoms with E-state index in [0.29, 0.717) is 25.3 Å². The van der Waals surface area contributed by atoms with Crippen molar-refractivity contribution in [2.75, 3.05) is 13.2 Å². The van der Waals surface area contributed by atoms with Crippen LogP contribution in [0, 0.1) is 12.3 Å². The van der Waals surface area contributed by atoms with Gasteiger partial charge in [-0.25, -0.2) is 0 Å². The standard InChI is InChI=1S/C17H20ClN3O4S.C2H4O2/c1-12-9-13(24-8-4-7-21-17(19)20)11-14(10-12)25-26(22,23)16-6-3-2-5-15(16)18;1-2(3)4/h2-3,5-6,9-11H,4,7-8H2,1H3,(H4,19,20,21);1H3,(H,3,4). The molecule has 2 rings (SSSR count). The fraction of sp³-hybridized carbons (Fsp3) is 0.263. The van der Waals surface area contributed by atoms with E-state index in [0.717, 1.165) is 12.5 Å². The summed E-state index contributed by atoms with van der Waals surface area (Å²) >= 11 is 5.94. The van der Waals surface area contributed by atoms with E-state index in [4.69, 9.17) is 41.6 Å². The number of carboxylic acid groups (broad SMARTS) is 1. The Hall–Kier alpha value is -2.98. The van der Waals surface area contributed by atoms with Crippen LogP contribution in [0.5, 0.6) is 11.5 Å². The molecule has 9 nitrogen and oxygen atoms in total. The van der Waals surface area contributed by atoms with Gasteiger partial charge in [0.2, 0.25) is 0 Å². The Balaban J connectivity index is 0.00000103. The molecule has 0 bridgehead atoms. The summed E-state index contributed by atoms with van der Waals surface area (Å²) in [5, 5.41) is 17.2. The number of aliphatic carboxylic acids is 1. The SMILES string of the molecule is CC(=O)O.Cc1cc(OCCCNC(=N)N)cc(OS(=O)(=O)c2ccccc2Cl)c1. The molecule has 0 amide bonds. The van der Waals surface area contributed by atoms with E-state index < -0.39 is 16.1 Å². The molecule has 0 spiro atoms. The van der Waals surface area contributed by atoms with E-state index in [1.807, 2.05) is 0 Å². The van der Waals surface area contributed by atoms with Gasteiger partial charge in [0.15, 0.2) is 5.96 Å². The van der Waals surface area contributed by atoms with Crippen molar-refractivity contribution in [3.05, 3.63) is 53.1 Å². The van der Waals surface area contributed by atoms with Crippen LogP contribution in [-0.4, -0.2) is 38.6 Å². The summed E-state index contributed by atoms with van der Waals surface area (Å²) < 4.78 is 35.6. The number of carboxylic acids is 1. The van der Waals surface area contributed by atoms with E-state index in [1.54, 1.807) is 31.2 Å². The van der Waals surface area contributed by atoms with E-state index in [9.17, 15) is 8.42 Å². The highest BCUT2D eigenvalue weighted by atomic mass is 35.5. The second-order valence-electron chi connectivity index (χ2n) is 6.01. The Kier molecular flexibility index (Phi) is 9.93. The van der Waals surface area contributed by atoms with Crippen LogP contribution < -0.4 is 20.0 Å². The van der Waals surface area contributed by atoms with E-state index in [-0.39, 0.29) is 21.6 Å². The van der Waals surface area contributed by atoms with Gasteiger partial charge in [-0.15, -0.1) is 0 Å². The van der Waals surface area contributed by atoms with Gasteiger partial charge >= 0.3 is 10.1 Å². The van der Waals surface area contributed by atoms with E-state index in [1.165, 1.54) is 18.2 Å². The highest BCUT2D eigenvalue weighted by molar-refractivity contribution is 7.87. The molecular weight excluding hydrogens is 434 g/mol. The molecule has 0 aromatic heterocycles. The second kappa shape index (κ2) is 11.9. The summed E-state index contributed by atoms with van der Waals surface area (Å²) in [7, 11) is -4.05. The first kappa shape index (κ1) is 25.1. The Morgan fingerprint density at radius 3 is 2.43 bits per heavy atom. The van der Waals surface area contributed by atoms with Crippen molar-refractivity contribution in [2.45, 2.75) is 25.2 Å². The predicted octanol–water partition coefficient (Wildman–Crippen LogP) is 2.76. The van der Waals surface area contributed by atoms with Gasteiger partial charge in [-0.3, -0.25) is 10.2 Å². The number of halogens is 1. The molecule has 0 heterocycles. The van der Waals surface area contributed by atoms with Crippen molar-refractivity contribution in [3.63, 3.8) is 0 Å². The first-order valence-electron chi connectivity index (χ1n) is 8.72. The molecule has 2 aromatic rings. The van der Waals surface area contributed by atoms with Crippen LogP contribution in [0.4, 0.5) is 0 Å². The molecule has 164 valence electrons. The second-order valence-corrected chi connectivity index (χ2v) is 7.93. The minimum atomic E-state index is -4.05. The summed E-state index contributed by atoms with van der Waals surface area (Å²) in [5.41, 5.74) is 5.98. The van der Waals surface area contributed by atoms with Crippen molar-refractivity contribution >= 4 is 33.6 Å². The molecule has 0 unspecified atom stereocenters. The van der Waals surface area contributed by atoms with Crippen LogP contribution in [0.25, 0.3) is 0 Å². The number of benzene rings is 2. The maximum atomic E-state index is 12.4. The normalized spacial score (nSPS) is 10.4. The summed E-state index contributed by atoms with van der Waals surface area (Å²) in [6, 6.07) is 10.9. The molecule has 2 aromatic carbocycles. The number of nitrogens with one attached hydrogen (secondary N) is 2. The number of aryl methyl sites for hydroxylation is 1. The lowest BCUT2D eigenvalue weighted by molar-refractivity contribution is -0.134. The molecule has 0 saturated heterocycles. The van der Waals surface area contributed by atoms with Crippen molar-refractivity contribution < 1.29 is 27.2 Å². The molecule has 0 atom stereocenters. The minimum Gasteiger partial charge on any atom is -0.493 e. The fourth-order valence-electron chi connectivity index (χ4n) is 2.15. The molecule has 0 saturated carbocycles. The quantitative estimate of drug-likeness (QED) is 0.204. The minimum absolute atomic E-state index is 0.0922. The third-order valence-electron chi connectivity index (χ3n) is 3.24. The van der Waals surface area contributed by atoms with Crippen molar-refractivity contribution in [1.82, 2.24) is 5.32 Å². The lowest BCUT2D eigenvalue weighted by Gasteiger charge is -2.12. The zero-order valence-corrected chi connectivity index (χ0v) is 18.1. The van der Waals surface area contributed by atoms with Gasteiger partial charge in [-0.1, -0.05) is 23.7 Å². The maximum absolute atomic E-state index is 12.4. The molecule has 5 N–H and O–H groups in total. The number of hydrogen-bond acceptors (Lipinski definition) is 6. The largest absolute Gasteiger partial charge is 0.493 e. The highest BCUT2D eigenvalue weighted by Crippen LogP contribution is 2.28. The number of ether oxygens (including phenoxy) is 1. The Morgan fingerprint density at radius 1 is 1.23 bits per heavy atom. The fourth-order valence-corrected chi connectivity index (χ4v) is 3.56. The van der Waals surface area contributed by atoms with Crippen LogP contribution in [0.2, 0.25) is 5.02 Å². The van der Waals surface area contributed by atoms with Crippen LogP contribution in [0.1, 0.15) is 18.9 Å². The number of rotatable bonds is 8. The number of nitrogens with two attached hydrogens (primary N) is 1. The van der Waals surface area contributed by atoms with Crippen LogP contribution in [-0.2, 0) is 14.9 Å². The number of hydrogen-bond donors (Lipinski definition) is 4. The molecule has 0 fully saturated rings. The third-order valence-corrected chi connectivity index (χ3v) is 4.99. The zero-order valence-electron chi connectivity index (χ0n) is 16.5. The van der Waals surface area contributed by atoms with Crippen molar-refractivity contribution in [2.24, 2.45) is 5.73 Å². The highest BCUT2D eigenvalue weighted by Gasteiger charge is 2.20. The van der Waals surface area contributed by atoms with Crippen molar-refractivity contribution in [3.8, 4) is 11.5 Å². The van der Waals surface area contributed by atoms with Gasteiger partial charge in [-0.2, -0.15) is 8.42 Å². The predicted molar refractivity (Wildman–Crippen MR) is 114 cm³/mol. The topological polar surface area (TPSA) is 152 Å². The average Bonchev–Trinajstić information content (AvgIpc) is 2.60. The van der Waals surface area contributed by atoms with E-state index >= 15 is 0 Å². The Bertz CT molecular complexity index is 978. The van der Waals surface area contributed by atoms with Gasteiger partial charge in [-0.05, 0) is 43.2 Å². The molecule has 30 heavy (non-hydrogen) atoms. The van der Waals surface area contributed by atoms with Crippen LogP contribution in [0.3, 0.4) is 0 Å². The molecule has 11 heteroatoms. The zero-order chi connectivity index (χ0) is 22.7. The number of guanidine groups is 1. The molecule has 0 aliphatic carbocycles. The van der Waals surface area contributed by atoms with Gasteiger partial charge in [0.25, 0.3) is 5.97 Å². The van der Waals surface area contributed by atoms with Gasteiger partial charge in [0, 0.05) is 19.5 Å². The van der Waals surface area contributed by atoms with Crippen molar-refractivity contribution in [1.29, 1.82) is 5.41 Å². The monoisotopic (exact) mass is 457 g/mol. The van der Waals surface area contributed by atoms with Gasteiger partial charge in [0.1, 0.15) is 16.4 Å². The first-order chi connectivity index (χ1) is 14.0. The van der Waals surface area contributed by atoms with Crippen LogP contribution >= 0.6 is 11.6 Å². The Morgan fingerprint density at radius 2 is 1.83 bits per heavy atom. The lowest BCUT2D eigenvalue weighted by atomic mass is 10.2. The van der Waals surface area contributed by atoms with Gasteiger partial charge < -0.3 is 25.1 Å². The third kappa shape index (κ3) is 9.48. The van der Waals surface area contributed by atoms with Crippen LogP contribution in [0.15, 0.2) is 47.4 Å². The summed E-state index contributed by atoms with van der Waals surface area (Å²) in [4.78, 5) is 8.90. The van der Waals surface area contributed by atoms with E-state index in [2.05, 4.69) is 5.32 Å². The lowest BCUT2D eigenvalue weighted by Crippen LogP contribution is -2.31. The average molecular weight is 458 g/mol. The summed E-state index contributed by atoms with van der Waals surface area (Å²) in [6.45, 7) is 3.77. The first-order valence-corrected chi connectivity index (χ1v) is 10.5. The summed E-state index contributed by atoms with van der Waals surface area (Å²) in [6.07, 6.45) is 0.627. The molecule has 0 radical (unpaired) electrons. The Labute approximate surface area is 180 Å². The smallest absolute Gasteiger partial charge is 0.340 e.